The third-order valence-corrected chi connectivity index (χ3v) is 7.23. The second-order valence-electron chi connectivity index (χ2n) is 9.37. The smallest absolute Gasteiger partial charge is 0.366 e. The van der Waals surface area contributed by atoms with Crippen LogP contribution in [0.15, 0.2) is 42.5 Å². The van der Waals surface area contributed by atoms with E-state index >= 15 is 0 Å². The molecule has 0 unspecified atom stereocenters. The molecule has 4 atom stereocenters. The maximum atomic E-state index is 13.5. The van der Waals surface area contributed by atoms with Crippen molar-refractivity contribution in [1.82, 2.24) is 0 Å². The highest BCUT2D eigenvalue weighted by molar-refractivity contribution is 6.30. The Hall–Kier alpha value is -3.09. The molecule has 3 aliphatic rings. The van der Waals surface area contributed by atoms with Gasteiger partial charge in [0.25, 0.3) is 0 Å². The van der Waals surface area contributed by atoms with Crippen molar-refractivity contribution in [2.45, 2.75) is 31.2 Å². The third kappa shape index (κ3) is 3.20. The standard InChI is InChI=1S/C24H19ClF3N3O3/c1-22-11-30(15-7-4-14(25)5-8-15)12-23(2,34-22)19-18(22)20(32)31(21(19)33)16-6-3-13(10-29)17(9-16)24(26,27)28/h3-9,18-19H,11-12H2,1-2H3/t18-,19+,22-,23+. The summed E-state index contributed by atoms with van der Waals surface area (Å²) in [5.41, 5.74) is -3.16. The monoisotopic (exact) mass is 489 g/mol. The van der Waals surface area contributed by atoms with Crippen LogP contribution in [-0.2, 0) is 20.5 Å². The number of rotatable bonds is 2. The van der Waals surface area contributed by atoms with Crippen LogP contribution < -0.4 is 9.80 Å². The van der Waals surface area contributed by atoms with E-state index in [9.17, 15) is 22.8 Å². The quantitative estimate of drug-likeness (QED) is 0.584. The van der Waals surface area contributed by atoms with E-state index in [2.05, 4.69) is 0 Å². The predicted molar refractivity (Wildman–Crippen MR) is 117 cm³/mol. The van der Waals surface area contributed by atoms with E-state index in [1.807, 2.05) is 17.0 Å². The molecular weight excluding hydrogens is 471 g/mol. The number of morpholine rings is 1. The van der Waals surface area contributed by atoms with Gasteiger partial charge in [-0.3, -0.25) is 9.59 Å². The number of halogens is 4. The molecule has 3 aliphatic heterocycles. The van der Waals surface area contributed by atoms with Crippen molar-refractivity contribution in [3.8, 4) is 6.07 Å². The minimum Gasteiger partial charge on any atom is -0.366 e. The Bertz CT molecular complexity index is 1220. The van der Waals surface area contributed by atoms with Crippen molar-refractivity contribution in [1.29, 1.82) is 5.26 Å². The van der Waals surface area contributed by atoms with Crippen molar-refractivity contribution < 1.29 is 27.5 Å². The van der Waals surface area contributed by atoms with Gasteiger partial charge in [0.15, 0.2) is 0 Å². The average molecular weight is 490 g/mol. The van der Waals surface area contributed by atoms with E-state index in [4.69, 9.17) is 21.6 Å². The Labute approximate surface area is 198 Å². The number of nitrogens with zero attached hydrogens (tertiary/aromatic N) is 3. The molecule has 0 radical (unpaired) electrons. The predicted octanol–water partition coefficient (Wildman–Crippen LogP) is 4.40. The zero-order valence-corrected chi connectivity index (χ0v) is 18.9. The number of hydrogen-bond acceptors (Lipinski definition) is 5. The van der Waals surface area contributed by atoms with Crippen LogP contribution in [0.4, 0.5) is 24.5 Å². The Balaban J connectivity index is 1.53. The first-order chi connectivity index (χ1) is 15.9. The summed E-state index contributed by atoms with van der Waals surface area (Å²) in [4.78, 5) is 29.9. The molecule has 2 aromatic carbocycles. The van der Waals surface area contributed by atoms with Crippen LogP contribution in [-0.4, -0.2) is 36.1 Å². The van der Waals surface area contributed by atoms with Crippen LogP contribution in [0.2, 0.25) is 5.02 Å². The van der Waals surface area contributed by atoms with Crippen molar-refractivity contribution in [3.63, 3.8) is 0 Å². The fourth-order valence-corrected chi connectivity index (χ4v) is 5.85. The van der Waals surface area contributed by atoms with E-state index in [1.165, 1.54) is 12.1 Å². The van der Waals surface area contributed by atoms with Gasteiger partial charge in [0.2, 0.25) is 11.8 Å². The van der Waals surface area contributed by atoms with Gasteiger partial charge in [-0.2, -0.15) is 18.4 Å². The summed E-state index contributed by atoms with van der Waals surface area (Å²) in [6, 6.07) is 11.6. The van der Waals surface area contributed by atoms with Gasteiger partial charge in [-0.15, -0.1) is 0 Å². The van der Waals surface area contributed by atoms with E-state index in [0.29, 0.717) is 24.2 Å². The molecule has 10 heteroatoms. The zero-order valence-electron chi connectivity index (χ0n) is 18.2. The first-order valence-electron chi connectivity index (χ1n) is 10.6. The molecule has 3 saturated heterocycles. The first kappa shape index (κ1) is 22.7. The van der Waals surface area contributed by atoms with E-state index in [0.717, 1.165) is 16.7 Å². The molecule has 3 heterocycles. The van der Waals surface area contributed by atoms with Gasteiger partial charge in [-0.05, 0) is 56.3 Å². The number of fused-ring (bicyclic) bond motifs is 5. The first-order valence-corrected chi connectivity index (χ1v) is 11.0. The molecule has 176 valence electrons. The molecule has 0 aliphatic carbocycles. The lowest BCUT2D eigenvalue weighted by atomic mass is 9.79. The van der Waals surface area contributed by atoms with Crippen LogP contribution in [0.25, 0.3) is 0 Å². The Kier molecular flexibility index (Phi) is 4.81. The summed E-state index contributed by atoms with van der Waals surface area (Å²) < 4.78 is 46.8. The zero-order chi connectivity index (χ0) is 24.6. The summed E-state index contributed by atoms with van der Waals surface area (Å²) in [6.07, 6.45) is -4.81. The average Bonchev–Trinajstić information content (AvgIpc) is 3.13. The van der Waals surface area contributed by atoms with Crippen molar-refractivity contribution in [2.24, 2.45) is 11.8 Å². The van der Waals surface area contributed by atoms with E-state index in [1.54, 1.807) is 26.0 Å². The van der Waals surface area contributed by atoms with Crippen LogP contribution in [0, 0.1) is 23.2 Å². The lowest BCUT2D eigenvalue weighted by Crippen LogP contribution is -2.58. The fourth-order valence-electron chi connectivity index (χ4n) is 5.73. The van der Waals surface area contributed by atoms with Crippen LogP contribution >= 0.6 is 11.6 Å². The SMILES string of the molecule is C[C@]12CN(c3ccc(Cl)cc3)C[C@](C)(O1)[C@@H]1C(=O)N(c3ccc(C#N)c(C(F)(F)F)c3)C(=O)[C@@H]12. The number of carbonyl (C=O) groups excluding carboxylic acids is 2. The third-order valence-electron chi connectivity index (χ3n) is 6.98. The molecule has 6 nitrogen and oxygen atoms in total. The summed E-state index contributed by atoms with van der Waals surface area (Å²) >= 11 is 6.00. The van der Waals surface area contributed by atoms with Gasteiger partial charge >= 0.3 is 6.18 Å². The highest BCUT2D eigenvalue weighted by Crippen LogP contribution is 2.56. The highest BCUT2D eigenvalue weighted by atomic mass is 35.5. The second kappa shape index (κ2) is 7.20. The van der Waals surface area contributed by atoms with Crippen LogP contribution in [0.1, 0.15) is 25.0 Å². The fraction of sp³-hybridized carbons (Fsp3) is 0.375. The van der Waals surface area contributed by atoms with Crippen molar-refractivity contribution in [2.75, 3.05) is 22.9 Å². The Morgan fingerprint density at radius 3 is 2.03 bits per heavy atom. The number of alkyl halides is 3. The van der Waals surface area contributed by atoms with Crippen molar-refractivity contribution >= 4 is 34.8 Å². The molecular formula is C24H19ClF3N3O3. The summed E-state index contributed by atoms with van der Waals surface area (Å²) in [6.45, 7) is 4.15. The van der Waals surface area contributed by atoms with Crippen LogP contribution in [0.5, 0.6) is 0 Å². The topological polar surface area (TPSA) is 73.6 Å². The van der Waals surface area contributed by atoms with Crippen LogP contribution in [0.3, 0.4) is 0 Å². The maximum absolute atomic E-state index is 13.5. The normalized spacial score (nSPS) is 30.5. The molecule has 2 amide bonds. The number of anilines is 2. The molecule has 0 saturated carbocycles. The molecule has 0 N–H and O–H groups in total. The maximum Gasteiger partial charge on any atom is 0.417 e. The van der Waals surface area contributed by atoms with Gasteiger partial charge in [0.05, 0.1) is 45.9 Å². The molecule has 0 aromatic heterocycles. The molecule has 5 rings (SSSR count). The summed E-state index contributed by atoms with van der Waals surface area (Å²) in [5.74, 6) is -2.91. The van der Waals surface area contributed by atoms with Gasteiger partial charge in [-0.1, -0.05) is 11.6 Å². The van der Waals surface area contributed by atoms with Gasteiger partial charge in [0, 0.05) is 23.8 Å². The number of imide groups is 1. The number of hydrogen-bond donors (Lipinski definition) is 0. The van der Waals surface area contributed by atoms with Gasteiger partial charge in [0.1, 0.15) is 0 Å². The lowest BCUT2D eigenvalue weighted by Gasteiger charge is -2.46. The summed E-state index contributed by atoms with van der Waals surface area (Å²) in [5, 5.41) is 9.64. The molecule has 2 aromatic rings. The molecule has 3 fully saturated rings. The number of nitriles is 1. The van der Waals surface area contributed by atoms with Gasteiger partial charge < -0.3 is 9.64 Å². The Morgan fingerprint density at radius 2 is 1.53 bits per heavy atom. The molecule has 2 bridgehead atoms. The minimum absolute atomic E-state index is 0.199. The lowest BCUT2D eigenvalue weighted by molar-refractivity contribution is -0.142. The number of carbonyl (C=O) groups is 2. The molecule has 34 heavy (non-hydrogen) atoms. The minimum atomic E-state index is -4.81. The van der Waals surface area contributed by atoms with E-state index in [-0.39, 0.29) is 5.69 Å². The second-order valence-corrected chi connectivity index (χ2v) is 9.80. The number of amides is 2. The van der Waals surface area contributed by atoms with Crippen molar-refractivity contribution in [3.05, 3.63) is 58.6 Å². The van der Waals surface area contributed by atoms with Gasteiger partial charge in [-0.25, -0.2) is 4.90 Å². The number of benzene rings is 2. The number of ether oxygens (including phenoxy) is 1. The highest BCUT2D eigenvalue weighted by Gasteiger charge is 2.71. The molecule has 0 spiro atoms. The summed E-state index contributed by atoms with van der Waals surface area (Å²) in [7, 11) is 0. The Morgan fingerprint density at radius 1 is 1.00 bits per heavy atom. The van der Waals surface area contributed by atoms with E-state index < -0.39 is 52.2 Å². The largest absolute Gasteiger partial charge is 0.417 e.